The van der Waals surface area contributed by atoms with E-state index in [0.29, 0.717) is 11.6 Å². The normalized spacial score (nSPS) is 11.0. The van der Waals surface area contributed by atoms with Crippen LogP contribution in [0.5, 0.6) is 5.75 Å². The van der Waals surface area contributed by atoms with Crippen molar-refractivity contribution in [3.8, 4) is 27.9 Å². The maximum atomic E-state index is 5.56. The van der Waals surface area contributed by atoms with Gasteiger partial charge in [0, 0.05) is 18.4 Å². The fourth-order valence-electron chi connectivity index (χ4n) is 2.46. The molecular weight excluding hydrogens is 368 g/mol. The van der Waals surface area contributed by atoms with Crippen molar-refractivity contribution in [1.29, 1.82) is 0 Å². The van der Waals surface area contributed by atoms with Crippen molar-refractivity contribution >= 4 is 23.1 Å². The molecule has 0 amide bonds. The third-order valence-electron chi connectivity index (χ3n) is 3.82. The lowest BCUT2D eigenvalue weighted by Crippen LogP contribution is -1.95. The zero-order valence-corrected chi connectivity index (χ0v) is 15.9. The fourth-order valence-corrected chi connectivity index (χ4v) is 3.90. The molecule has 0 aliphatic carbocycles. The van der Waals surface area contributed by atoms with Gasteiger partial charge in [0.25, 0.3) is 0 Å². The number of oxazole rings is 1. The maximum absolute atomic E-state index is 5.56. The van der Waals surface area contributed by atoms with E-state index in [1.807, 2.05) is 53.4 Å². The average Bonchev–Trinajstić information content (AvgIpc) is 3.41. The minimum Gasteiger partial charge on any atom is -0.497 e. The first-order valence-corrected chi connectivity index (χ1v) is 9.76. The Morgan fingerprint density at radius 2 is 2.04 bits per heavy atom. The molecule has 0 saturated carbocycles. The van der Waals surface area contributed by atoms with Gasteiger partial charge in [-0.2, -0.15) is 0 Å². The lowest BCUT2D eigenvalue weighted by molar-refractivity contribution is 0.415. The van der Waals surface area contributed by atoms with Crippen molar-refractivity contribution in [2.45, 2.75) is 10.9 Å². The van der Waals surface area contributed by atoms with Crippen molar-refractivity contribution in [3.05, 3.63) is 53.7 Å². The minimum atomic E-state index is 0.660. The molecule has 0 bridgehead atoms. The van der Waals surface area contributed by atoms with Gasteiger partial charge in [-0.05, 0) is 35.7 Å². The molecule has 1 aromatic carbocycles. The van der Waals surface area contributed by atoms with E-state index in [-0.39, 0.29) is 0 Å². The van der Waals surface area contributed by atoms with Crippen LogP contribution in [0, 0.1) is 0 Å². The summed E-state index contributed by atoms with van der Waals surface area (Å²) in [5.41, 5.74) is 1.88. The van der Waals surface area contributed by atoms with Crippen LogP contribution in [0.3, 0.4) is 0 Å². The molecule has 3 heterocycles. The molecule has 26 heavy (non-hydrogen) atoms. The van der Waals surface area contributed by atoms with Crippen LogP contribution in [-0.2, 0) is 12.8 Å². The molecule has 4 rings (SSSR count). The Morgan fingerprint density at radius 1 is 1.19 bits per heavy atom. The van der Waals surface area contributed by atoms with Gasteiger partial charge in [0.15, 0.2) is 11.0 Å². The molecule has 0 fully saturated rings. The second kappa shape index (κ2) is 7.35. The molecule has 8 heteroatoms. The Labute approximate surface area is 158 Å². The predicted molar refractivity (Wildman–Crippen MR) is 102 cm³/mol. The van der Waals surface area contributed by atoms with Crippen LogP contribution in [0.2, 0.25) is 0 Å². The van der Waals surface area contributed by atoms with Gasteiger partial charge in [-0.15, -0.1) is 21.5 Å². The fraction of sp³-hybridized carbons (Fsp3) is 0.167. The number of nitrogens with zero attached hydrogens (tertiary/aromatic N) is 4. The van der Waals surface area contributed by atoms with Gasteiger partial charge >= 0.3 is 0 Å². The first-order valence-electron chi connectivity index (χ1n) is 7.89. The highest BCUT2D eigenvalue weighted by Gasteiger charge is 2.13. The number of thioether (sulfide) groups is 1. The van der Waals surface area contributed by atoms with Crippen LogP contribution < -0.4 is 4.74 Å². The molecular formula is C18H16N4O2S2. The first kappa shape index (κ1) is 16.9. The zero-order valence-electron chi connectivity index (χ0n) is 14.2. The molecule has 0 saturated heterocycles. The first-order chi connectivity index (χ1) is 12.7. The van der Waals surface area contributed by atoms with E-state index in [4.69, 9.17) is 9.15 Å². The molecule has 0 atom stereocenters. The number of ether oxygens (including phenoxy) is 1. The third kappa shape index (κ3) is 3.38. The van der Waals surface area contributed by atoms with Crippen LogP contribution in [0.15, 0.2) is 57.6 Å². The van der Waals surface area contributed by atoms with E-state index in [1.165, 1.54) is 0 Å². The Bertz CT molecular complexity index is 991. The summed E-state index contributed by atoms with van der Waals surface area (Å²) in [6.07, 6.45) is 1.70. The van der Waals surface area contributed by atoms with Gasteiger partial charge in [0.05, 0.1) is 17.7 Å². The predicted octanol–water partition coefficient (Wildman–Crippen LogP) is 4.50. The summed E-state index contributed by atoms with van der Waals surface area (Å²) >= 11 is 3.19. The number of hydrogen-bond acceptors (Lipinski definition) is 7. The molecule has 3 aromatic heterocycles. The van der Waals surface area contributed by atoms with E-state index in [0.717, 1.165) is 32.9 Å². The number of rotatable bonds is 6. The quantitative estimate of drug-likeness (QED) is 0.456. The number of thiophene rings is 1. The van der Waals surface area contributed by atoms with Crippen molar-refractivity contribution in [2.24, 2.45) is 7.05 Å². The summed E-state index contributed by atoms with van der Waals surface area (Å²) in [5.74, 6) is 2.96. The van der Waals surface area contributed by atoms with Crippen LogP contribution in [0.4, 0.5) is 0 Å². The largest absolute Gasteiger partial charge is 0.497 e. The number of aromatic nitrogens is 4. The van der Waals surface area contributed by atoms with E-state index in [1.54, 1.807) is 36.5 Å². The third-order valence-corrected chi connectivity index (χ3v) is 5.73. The van der Waals surface area contributed by atoms with E-state index < -0.39 is 0 Å². The topological polar surface area (TPSA) is 66.0 Å². The van der Waals surface area contributed by atoms with Crippen LogP contribution >= 0.6 is 23.1 Å². The summed E-state index contributed by atoms with van der Waals surface area (Å²) < 4.78 is 12.7. The van der Waals surface area contributed by atoms with Crippen molar-refractivity contribution in [2.75, 3.05) is 7.11 Å². The SMILES string of the molecule is COc1ccc(-c2nnc(SCc3coc(-c4cccs4)n3)n2C)cc1. The van der Waals surface area contributed by atoms with Crippen LogP contribution in [-0.4, -0.2) is 26.9 Å². The second-order valence-electron chi connectivity index (χ2n) is 5.50. The lowest BCUT2D eigenvalue weighted by atomic mass is 10.2. The monoisotopic (exact) mass is 384 g/mol. The molecule has 6 nitrogen and oxygen atoms in total. The summed E-state index contributed by atoms with van der Waals surface area (Å²) in [7, 11) is 3.61. The van der Waals surface area contributed by atoms with E-state index in [9.17, 15) is 0 Å². The lowest BCUT2D eigenvalue weighted by Gasteiger charge is -2.04. The molecule has 0 aliphatic heterocycles. The van der Waals surface area contributed by atoms with Crippen molar-refractivity contribution < 1.29 is 9.15 Å². The summed E-state index contributed by atoms with van der Waals surface area (Å²) in [6.45, 7) is 0. The smallest absolute Gasteiger partial charge is 0.236 e. The number of benzene rings is 1. The molecule has 0 N–H and O–H groups in total. The number of hydrogen-bond donors (Lipinski definition) is 0. The molecule has 4 aromatic rings. The van der Waals surface area contributed by atoms with Crippen LogP contribution in [0.1, 0.15) is 5.69 Å². The zero-order chi connectivity index (χ0) is 17.9. The highest BCUT2D eigenvalue weighted by atomic mass is 32.2. The summed E-state index contributed by atoms with van der Waals surface area (Å²) in [5, 5.41) is 11.4. The van der Waals surface area contributed by atoms with Gasteiger partial charge in [-0.3, -0.25) is 0 Å². The van der Waals surface area contributed by atoms with Crippen LogP contribution in [0.25, 0.3) is 22.2 Å². The summed E-state index contributed by atoms with van der Waals surface area (Å²) in [4.78, 5) is 5.56. The van der Waals surface area contributed by atoms with Gasteiger partial charge in [0.2, 0.25) is 5.89 Å². The average molecular weight is 384 g/mol. The Morgan fingerprint density at radius 3 is 2.77 bits per heavy atom. The molecule has 132 valence electrons. The van der Waals surface area contributed by atoms with Gasteiger partial charge in [-0.1, -0.05) is 17.8 Å². The Balaban J connectivity index is 1.46. The van der Waals surface area contributed by atoms with Gasteiger partial charge in [0.1, 0.15) is 12.0 Å². The maximum Gasteiger partial charge on any atom is 0.236 e. The minimum absolute atomic E-state index is 0.660. The molecule has 0 radical (unpaired) electrons. The Hall–Kier alpha value is -2.58. The van der Waals surface area contributed by atoms with E-state index in [2.05, 4.69) is 15.2 Å². The standard InChI is InChI=1S/C18H16N4O2S2/c1-22-16(12-5-7-14(23-2)8-6-12)20-21-18(22)26-11-13-10-24-17(19-13)15-4-3-9-25-15/h3-10H,11H2,1-2H3. The Kier molecular flexibility index (Phi) is 4.77. The highest BCUT2D eigenvalue weighted by Crippen LogP contribution is 2.28. The van der Waals surface area contributed by atoms with Crippen molar-refractivity contribution in [1.82, 2.24) is 19.7 Å². The molecule has 0 aliphatic rings. The second-order valence-corrected chi connectivity index (χ2v) is 7.39. The summed E-state index contributed by atoms with van der Waals surface area (Å²) in [6, 6.07) is 11.8. The highest BCUT2D eigenvalue weighted by molar-refractivity contribution is 7.98. The molecule has 0 unspecified atom stereocenters. The van der Waals surface area contributed by atoms with Gasteiger partial charge < -0.3 is 13.7 Å². The number of methoxy groups -OCH3 is 1. The van der Waals surface area contributed by atoms with Gasteiger partial charge in [-0.25, -0.2) is 4.98 Å². The van der Waals surface area contributed by atoms with Crippen molar-refractivity contribution in [3.63, 3.8) is 0 Å². The van der Waals surface area contributed by atoms with E-state index >= 15 is 0 Å². The molecule has 0 spiro atoms.